The molecular formula is C5H11Si. The Morgan fingerprint density at radius 1 is 1.00 bits per heavy atom. The van der Waals surface area contributed by atoms with E-state index in [1.807, 2.05) is 0 Å². The molecule has 0 atom stereocenters. The van der Waals surface area contributed by atoms with E-state index in [0.29, 0.717) is 0 Å². The van der Waals surface area contributed by atoms with Crippen LogP contribution >= 0.6 is 0 Å². The SMILES string of the molecule is C#C.C[Si](C)C. The Morgan fingerprint density at radius 3 is 1.00 bits per heavy atom. The highest BCUT2D eigenvalue weighted by Gasteiger charge is 1.72. The molecule has 0 aliphatic carbocycles. The van der Waals surface area contributed by atoms with E-state index < -0.39 is 0 Å². The number of hydrogen-bond acceptors (Lipinski definition) is 0. The third kappa shape index (κ3) is 585. The van der Waals surface area contributed by atoms with Crippen molar-refractivity contribution in [1.82, 2.24) is 0 Å². The number of rotatable bonds is 0. The maximum Gasteiger partial charge on any atom is 0.0379 e. The second kappa shape index (κ2) is 8.84. The van der Waals surface area contributed by atoms with E-state index in [-0.39, 0.29) is 8.80 Å². The topological polar surface area (TPSA) is 0 Å². The van der Waals surface area contributed by atoms with Crippen LogP contribution in [0, 0.1) is 12.8 Å². The van der Waals surface area contributed by atoms with Crippen LogP contribution in [0.4, 0.5) is 0 Å². The van der Waals surface area contributed by atoms with Crippen LogP contribution in [0.25, 0.3) is 0 Å². The van der Waals surface area contributed by atoms with E-state index in [4.69, 9.17) is 0 Å². The summed E-state index contributed by atoms with van der Waals surface area (Å²) < 4.78 is 0. The van der Waals surface area contributed by atoms with E-state index in [0.717, 1.165) is 0 Å². The van der Waals surface area contributed by atoms with Gasteiger partial charge in [-0.25, -0.2) is 0 Å². The lowest BCUT2D eigenvalue weighted by Gasteiger charge is -1.75. The van der Waals surface area contributed by atoms with E-state index in [9.17, 15) is 0 Å². The van der Waals surface area contributed by atoms with Crippen molar-refractivity contribution >= 4 is 8.80 Å². The summed E-state index contributed by atoms with van der Waals surface area (Å²) >= 11 is 0. The van der Waals surface area contributed by atoms with Gasteiger partial charge in [0.15, 0.2) is 0 Å². The predicted molar refractivity (Wildman–Crippen MR) is 33.2 cm³/mol. The Bertz CT molecular complexity index is 25.4. The van der Waals surface area contributed by atoms with Crippen LogP contribution < -0.4 is 0 Å². The first kappa shape index (κ1) is 9.24. The maximum absolute atomic E-state index is 4.00. The van der Waals surface area contributed by atoms with Gasteiger partial charge in [-0.15, -0.1) is 12.8 Å². The molecule has 0 spiro atoms. The molecule has 0 aliphatic rings. The van der Waals surface area contributed by atoms with Crippen LogP contribution in [0.1, 0.15) is 0 Å². The molecule has 0 saturated carbocycles. The molecule has 0 unspecified atom stereocenters. The predicted octanol–water partition coefficient (Wildman–Crippen LogP) is 1.62. The Morgan fingerprint density at radius 2 is 1.00 bits per heavy atom. The quantitative estimate of drug-likeness (QED) is 0.320. The monoisotopic (exact) mass is 99.1 g/mol. The van der Waals surface area contributed by atoms with E-state index in [2.05, 4.69) is 32.5 Å². The van der Waals surface area contributed by atoms with Crippen molar-refractivity contribution in [3.63, 3.8) is 0 Å². The molecule has 6 heavy (non-hydrogen) atoms. The molecule has 0 aromatic heterocycles. The second-order valence-electron chi connectivity index (χ2n) is 1.50. The summed E-state index contributed by atoms with van der Waals surface area (Å²) in [4.78, 5) is 0. The van der Waals surface area contributed by atoms with Crippen LogP contribution in [-0.4, -0.2) is 8.80 Å². The standard InChI is InChI=1S/C3H9Si.C2H2/c1-4(2)3;1-2/h1-3H3;1-2H. The van der Waals surface area contributed by atoms with E-state index >= 15 is 0 Å². The third-order valence-corrected chi connectivity index (χ3v) is 0. The molecule has 0 amide bonds. The fourth-order valence-corrected chi connectivity index (χ4v) is 0. The lowest BCUT2D eigenvalue weighted by atomic mass is 11.4. The first-order chi connectivity index (χ1) is 2.73. The van der Waals surface area contributed by atoms with Gasteiger partial charge in [0.1, 0.15) is 0 Å². The molecule has 1 heteroatoms. The highest BCUT2D eigenvalue weighted by molar-refractivity contribution is 6.54. The molecule has 0 N–H and O–H groups in total. The summed E-state index contributed by atoms with van der Waals surface area (Å²) in [6.07, 6.45) is 8.00. The minimum absolute atomic E-state index is 0.120. The molecule has 0 fully saturated rings. The van der Waals surface area contributed by atoms with Gasteiger partial charge in [-0.05, 0) is 0 Å². The van der Waals surface area contributed by atoms with Gasteiger partial charge in [0.2, 0.25) is 0 Å². The number of terminal acetylenes is 1. The molecule has 35 valence electrons. The fraction of sp³-hybridized carbons (Fsp3) is 0.600. The lowest BCUT2D eigenvalue weighted by molar-refractivity contribution is 1.91. The Kier molecular flexibility index (Phi) is 13.6. The van der Waals surface area contributed by atoms with Gasteiger partial charge in [-0.3, -0.25) is 0 Å². The van der Waals surface area contributed by atoms with Gasteiger partial charge in [-0.2, -0.15) is 0 Å². The first-order valence-electron chi connectivity index (χ1n) is 1.83. The largest absolute Gasteiger partial charge is 0.124 e. The van der Waals surface area contributed by atoms with Crippen molar-refractivity contribution in [3.05, 3.63) is 0 Å². The average Bonchev–Trinajstić information content (AvgIpc) is 1.41. The molecule has 0 heterocycles. The molecule has 0 aliphatic heterocycles. The Balaban J connectivity index is 0. The van der Waals surface area contributed by atoms with E-state index in [1.54, 1.807) is 0 Å². The zero-order chi connectivity index (χ0) is 5.58. The summed E-state index contributed by atoms with van der Waals surface area (Å²) in [6, 6.07) is 0. The van der Waals surface area contributed by atoms with Gasteiger partial charge in [-0.1, -0.05) is 19.6 Å². The molecule has 0 rings (SSSR count). The van der Waals surface area contributed by atoms with Crippen LogP contribution in [0.15, 0.2) is 0 Å². The van der Waals surface area contributed by atoms with Crippen LogP contribution in [0.5, 0.6) is 0 Å². The second-order valence-corrected chi connectivity index (χ2v) is 4.50. The van der Waals surface area contributed by atoms with Gasteiger partial charge >= 0.3 is 0 Å². The van der Waals surface area contributed by atoms with Crippen LogP contribution in [-0.2, 0) is 0 Å². The van der Waals surface area contributed by atoms with Gasteiger partial charge in [0.05, 0.1) is 0 Å². The van der Waals surface area contributed by atoms with Crippen molar-refractivity contribution in [2.24, 2.45) is 0 Å². The minimum Gasteiger partial charge on any atom is -0.124 e. The molecule has 0 aromatic rings. The van der Waals surface area contributed by atoms with E-state index in [1.165, 1.54) is 0 Å². The molecule has 0 nitrogen and oxygen atoms in total. The summed E-state index contributed by atoms with van der Waals surface area (Å²) in [5.74, 6) is 0. The zero-order valence-electron chi connectivity index (χ0n) is 4.65. The molecule has 0 aromatic carbocycles. The van der Waals surface area contributed by atoms with Crippen molar-refractivity contribution in [2.75, 3.05) is 0 Å². The zero-order valence-corrected chi connectivity index (χ0v) is 5.65. The Hall–Kier alpha value is -0.223. The summed E-state index contributed by atoms with van der Waals surface area (Å²) in [5.41, 5.74) is 0. The van der Waals surface area contributed by atoms with Gasteiger partial charge in [0.25, 0.3) is 0 Å². The maximum atomic E-state index is 4.00. The highest BCUT2D eigenvalue weighted by atomic mass is 28.3. The third-order valence-electron chi connectivity index (χ3n) is 0. The Labute approximate surface area is 42.2 Å². The van der Waals surface area contributed by atoms with Crippen molar-refractivity contribution in [1.29, 1.82) is 0 Å². The highest BCUT2D eigenvalue weighted by Crippen LogP contribution is 1.68. The molecule has 0 bridgehead atoms. The molecular weight excluding hydrogens is 88.1 g/mol. The fourth-order valence-electron chi connectivity index (χ4n) is 0. The first-order valence-corrected chi connectivity index (χ1v) is 4.83. The van der Waals surface area contributed by atoms with Crippen LogP contribution in [0.2, 0.25) is 19.6 Å². The van der Waals surface area contributed by atoms with Crippen LogP contribution in [0.3, 0.4) is 0 Å². The normalized spacial score (nSPS) is 6.33. The summed E-state index contributed by atoms with van der Waals surface area (Å²) in [7, 11) is 0.120. The smallest absolute Gasteiger partial charge is 0.0379 e. The number of hydrogen-bond donors (Lipinski definition) is 0. The molecule has 1 radical (unpaired) electrons. The van der Waals surface area contributed by atoms with Gasteiger partial charge in [0, 0.05) is 8.80 Å². The van der Waals surface area contributed by atoms with Crippen molar-refractivity contribution in [2.45, 2.75) is 19.6 Å². The van der Waals surface area contributed by atoms with Crippen molar-refractivity contribution in [3.8, 4) is 12.8 Å². The summed E-state index contributed by atoms with van der Waals surface area (Å²) in [6.45, 7) is 6.81. The lowest BCUT2D eigenvalue weighted by Crippen LogP contribution is -1.84. The molecule has 0 saturated heterocycles. The van der Waals surface area contributed by atoms with Crippen molar-refractivity contribution < 1.29 is 0 Å². The van der Waals surface area contributed by atoms with Gasteiger partial charge < -0.3 is 0 Å². The summed E-state index contributed by atoms with van der Waals surface area (Å²) in [5, 5.41) is 0. The average molecular weight is 99.2 g/mol. The minimum atomic E-state index is 0.120.